The van der Waals surface area contributed by atoms with Gasteiger partial charge in [0, 0.05) is 24.2 Å². The standard InChI is InChI=1S/C21H24N4O3/c1-14-23-20(22-13-15-7-5-6-8-18(15)27-3)12-21(24-14)25-17-10-9-16(26-2)11-19(17)28-4/h5-12H,13H2,1-4H3,(H2,22,23,24,25). The van der Waals surface area contributed by atoms with Crippen molar-refractivity contribution >= 4 is 17.3 Å². The van der Waals surface area contributed by atoms with E-state index in [1.54, 1.807) is 21.3 Å². The molecular weight excluding hydrogens is 356 g/mol. The second kappa shape index (κ2) is 8.94. The van der Waals surface area contributed by atoms with Crippen LogP contribution in [0.15, 0.2) is 48.5 Å². The Labute approximate surface area is 164 Å². The Balaban J connectivity index is 1.78. The van der Waals surface area contributed by atoms with E-state index in [-0.39, 0.29) is 0 Å². The molecule has 0 bridgehead atoms. The van der Waals surface area contributed by atoms with Gasteiger partial charge in [-0.1, -0.05) is 18.2 Å². The van der Waals surface area contributed by atoms with Gasteiger partial charge >= 0.3 is 0 Å². The minimum absolute atomic E-state index is 0.589. The molecule has 146 valence electrons. The summed E-state index contributed by atoms with van der Waals surface area (Å²) in [4.78, 5) is 8.92. The highest BCUT2D eigenvalue weighted by molar-refractivity contribution is 5.67. The lowest BCUT2D eigenvalue weighted by Crippen LogP contribution is -2.06. The molecule has 0 saturated carbocycles. The lowest BCUT2D eigenvalue weighted by Gasteiger charge is -2.14. The van der Waals surface area contributed by atoms with Crippen molar-refractivity contribution < 1.29 is 14.2 Å². The first-order chi connectivity index (χ1) is 13.6. The van der Waals surface area contributed by atoms with Gasteiger partial charge in [-0.25, -0.2) is 9.97 Å². The van der Waals surface area contributed by atoms with Gasteiger partial charge in [0.05, 0.1) is 27.0 Å². The third-order valence-electron chi connectivity index (χ3n) is 4.16. The summed E-state index contributed by atoms with van der Waals surface area (Å²) in [6.07, 6.45) is 0. The van der Waals surface area contributed by atoms with E-state index < -0.39 is 0 Å². The molecule has 0 aliphatic carbocycles. The van der Waals surface area contributed by atoms with Crippen LogP contribution in [0.5, 0.6) is 17.2 Å². The number of rotatable bonds is 8. The van der Waals surface area contributed by atoms with Gasteiger partial charge in [0.1, 0.15) is 34.7 Å². The quantitative estimate of drug-likeness (QED) is 0.607. The smallest absolute Gasteiger partial charge is 0.146 e. The number of hydrogen-bond acceptors (Lipinski definition) is 7. The van der Waals surface area contributed by atoms with Gasteiger partial charge in [-0.15, -0.1) is 0 Å². The molecule has 7 nitrogen and oxygen atoms in total. The number of ether oxygens (including phenoxy) is 3. The van der Waals surface area contributed by atoms with Crippen molar-refractivity contribution in [3.05, 3.63) is 59.9 Å². The van der Waals surface area contributed by atoms with E-state index >= 15 is 0 Å². The largest absolute Gasteiger partial charge is 0.497 e. The van der Waals surface area contributed by atoms with Crippen LogP contribution in [0.2, 0.25) is 0 Å². The lowest BCUT2D eigenvalue weighted by atomic mass is 10.2. The molecule has 2 aromatic carbocycles. The normalized spacial score (nSPS) is 10.3. The van der Waals surface area contributed by atoms with Crippen molar-refractivity contribution in [1.82, 2.24) is 9.97 Å². The molecule has 0 aliphatic heterocycles. The molecule has 0 radical (unpaired) electrons. The summed E-state index contributed by atoms with van der Waals surface area (Å²) in [5, 5.41) is 6.61. The van der Waals surface area contributed by atoms with Gasteiger partial charge in [-0.3, -0.25) is 0 Å². The molecular formula is C21H24N4O3. The molecule has 3 aromatic rings. The van der Waals surface area contributed by atoms with E-state index in [0.717, 1.165) is 22.7 Å². The number of nitrogens with one attached hydrogen (secondary N) is 2. The van der Waals surface area contributed by atoms with Crippen molar-refractivity contribution in [1.29, 1.82) is 0 Å². The van der Waals surface area contributed by atoms with Crippen LogP contribution in [0.1, 0.15) is 11.4 Å². The Bertz CT molecular complexity index is 947. The summed E-state index contributed by atoms with van der Waals surface area (Å²) < 4.78 is 16.1. The number of aromatic nitrogens is 2. The van der Waals surface area contributed by atoms with Gasteiger partial charge in [0.25, 0.3) is 0 Å². The maximum atomic E-state index is 5.44. The number of anilines is 3. The van der Waals surface area contributed by atoms with E-state index in [1.165, 1.54) is 0 Å². The van der Waals surface area contributed by atoms with Gasteiger partial charge in [-0.05, 0) is 25.1 Å². The number of methoxy groups -OCH3 is 3. The van der Waals surface area contributed by atoms with E-state index in [2.05, 4.69) is 20.6 Å². The first kappa shape index (κ1) is 19.3. The molecule has 0 spiro atoms. The second-order valence-electron chi connectivity index (χ2n) is 6.04. The minimum atomic E-state index is 0.589. The van der Waals surface area contributed by atoms with E-state index in [0.29, 0.717) is 29.8 Å². The minimum Gasteiger partial charge on any atom is -0.497 e. The first-order valence-corrected chi connectivity index (χ1v) is 8.83. The van der Waals surface area contributed by atoms with E-state index in [1.807, 2.05) is 55.5 Å². The van der Waals surface area contributed by atoms with Crippen molar-refractivity contribution in [2.75, 3.05) is 32.0 Å². The summed E-state index contributed by atoms with van der Waals surface area (Å²) in [6.45, 7) is 2.44. The van der Waals surface area contributed by atoms with Crippen molar-refractivity contribution in [3.63, 3.8) is 0 Å². The molecule has 28 heavy (non-hydrogen) atoms. The van der Waals surface area contributed by atoms with E-state index in [4.69, 9.17) is 14.2 Å². The van der Waals surface area contributed by atoms with Gasteiger partial charge in [0.15, 0.2) is 0 Å². The number of nitrogens with zero attached hydrogens (tertiary/aromatic N) is 2. The Morgan fingerprint density at radius 1 is 0.821 bits per heavy atom. The highest BCUT2D eigenvalue weighted by atomic mass is 16.5. The van der Waals surface area contributed by atoms with Crippen LogP contribution in [0.25, 0.3) is 0 Å². The summed E-state index contributed by atoms with van der Waals surface area (Å²) in [6, 6.07) is 15.3. The van der Waals surface area contributed by atoms with Crippen molar-refractivity contribution in [2.45, 2.75) is 13.5 Å². The zero-order chi connectivity index (χ0) is 19.9. The highest BCUT2D eigenvalue weighted by Gasteiger charge is 2.09. The molecule has 0 fully saturated rings. The van der Waals surface area contributed by atoms with Crippen LogP contribution in [-0.2, 0) is 6.54 Å². The Morgan fingerprint density at radius 2 is 1.57 bits per heavy atom. The third-order valence-corrected chi connectivity index (χ3v) is 4.16. The van der Waals surface area contributed by atoms with Crippen LogP contribution in [-0.4, -0.2) is 31.3 Å². The molecule has 0 aliphatic rings. The van der Waals surface area contributed by atoms with Crippen LogP contribution in [0.3, 0.4) is 0 Å². The Kier molecular flexibility index (Phi) is 6.16. The zero-order valence-corrected chi connectivity index (χ0v) is 16.4. The lowest BCUT2D eigenvalue weighted by molar-refractivity contribution is 0.395. The summed E-state index contributed by atoms with van der Waals surface area (Å²) >= 11 is 0. The van der Waals surface area contributed by atoms with Crippen LogP contribution >= 0.6 is 0 Å². The fourth-order valence-electron chi connectivity index (χ4n) is 2.80. The molecule has 0 amide bonds. The topological polar surface area (TPSA) is 77.5 Å². The summed E-state index contributed by atoms with van der Waals surface area (Å²) in [5.41, 5.74) is 1.84. The highest BCUT2D eigenvalue weighted by Crippen LogP contribution is 2.31. The average molecular weight is 380 g/mol. The fraction of sp³-hybridized carbons (Fsp3) is 0.238. The molecule has 1 aromatic heterocycles. The van der Waals surface area contributed by atoms with Crippen LogP contribution < -0.4 is 24.8 Å². The Morgan fingerprint density at radius 3 is 2.32 bits per heavy atom. The van der Waals surface area contributed by atoms with Crippen LogP contribution in [0.4, 0.5) is 17.3 Å². The molecule has 2 N–H and O–H groups in total. The van der Waals surface area contributed by atoms with Gasteiger partial charge in [0.2, 0.25) is 0 Å². The van der Waals surface area contributed by atoms with Crippen molar-refractivity contribution in [2.24, 2.45) is 0 Å². The Hall–Kier alpha value is -3.48. The molecule has 0 saturated heterocycles. The maximum Gasteiger partial charge on any atom is 0.146 e. The predicted molar refractivity (Wildman–Crippen MR) is 110 cm³/mol. The number of aryl methyl sites for hydroxylation is 1. The molecule has 1 heterocycles. The van der Waals surface area contributed by atoms with Crippen LogP contribution in [0, 0.1) is 6.92 Å². The van der Waals surface area contributed by atoms with Gasteiger partial charge in [-0.2, -0.15) is 0 Å². The molecule has 0 atom stereocenters. The second-order valence-corrected chi connectivity index (χ2v) is 6.04. The fourth-order valence-corrected chi connectivity index (χ4v) is 2.80. The molecule has 3 rings (SSSR count). The number of benzene rings is 2. The monoisotopic (exact) mass is 380 g/mol. The van der Waals surface area contributed by atoms with Gasteiger partial charge < -0.3 is 24.8 Å². The third kappa shape index (κ3) is 4.62. The molecule has 7 heteroatoms. The number of hydrogen-bond donors (Lipinski definition) is 2. The summed E-state index contributed by atoms with van der Waals surface area (Å²) in [7, 11) is 4.90. The number of para-hydroxylation sites is 1. The SMILES string of the molecule is COc1ccc(Nc2cc(NCc3ccccc3OC)nc(C)n2)c(OC)c1. The maximum absolute atomic E-state index is 5.44. The van der Waals surface area contributed by atoms with Crippen molar-refractivity contribution in [3.8, 4) is 17.2 Å². The zero-order valence-electron chi connectivity index (χ0n) is 16.4. The predicted octanol–water partition coefficient (Wildman–Crippen LogP) is 4.17. The summed E-state index contributed by atoms with van der Waals surface area (Å²) in [5.74, 6) is 4.26. The molecule has 0 unspecified atom stereocenters. The first-order valence-electron chi connectivity index (χ1n) is 8.83. The van der Waals surface area contributed by atoms with E-state index in [9.17, 15) is 0 Å². The average Bonchev–Trinajstić information content (AvgIpc) is 2.72.